The maximum absolute atomic E-state index is 12.9. The summed E-state index contributed by atoms with van der Waals surface area (Å²) >= 11 is 0. The van der Waals surface area contributed by atoms with Crippen LogP contribution in [0.4, 0.5) is 4.39 Å². The fraction of sp³-hybridized carbons (Fsp3) is 0.400. The minimum absolute atomic E-state index is 0.00398. The van der Waals surface area contributed by atoms with Crippen LogP contribution in [0.5, 0.6) is 5.75 Å². The molecule has 1 fully saturated rings. The predicted octanol–water partition coefficient (Wildman–Crippen LogP) is 3.02. The SMILES string of the molecule is CCn1nccc1C(=O)N1CCC(c2noc(COc3ccc(F)cc3)n2)CC1. The third-order valence-corrected chi connectivity index (χ3v) is 5.04. The van der Waals surface area contributed by atoms with Crippen LogP contribution in [0.1, 0.15) is 47.9 Å². The minimum atomic E-state index is -0.318. The molecule has 0 saturated carbocycles. The predicted molar refractivity (Wildman–Crippen MR) is 101 cm³/mol. The smallest absolute Gasteiger partial charge is 0.272 e. The molecule has 0 unspecified atom stereocenters. The molecule has 1 aliphatic rings. The molecule has 0 bridgehead atoms. The fourth-order valence-electron chi connectivity index (χ4n) is 3.44. The Morgan fingerprint density at radius 1 is 1.24 bits per heavy atom. The van der Waals surface area contributed by atoms with Crippen molar-refractivity contribution in [2.75, 3.05) is 13.1 Å². The molecule has 9 heteroatoms. The molecule has 0 aliphatic carbocycles. The third kappa shape index (κ3) is 4.28. The minimum Gasteiger partial charge on any atom is -0.484 e. The lowest BCUT2D eigenvalue weighted by molar-refractivity contribution is 0.0698. The lowest BCUT2D eigenvalue weighted by Crippen LogP contribution is -2.39. The molecular formula is C20H22FN5O3. The number of aryl methyl sites for hydroxylation is 1. The molecule has 1 saturated heterocycles. The number of rotatable bonds is 6. The summed E-state index contributed by atoms with van der Waals surface area (Å²) in [6.45, 7) is 4.01. The quantitative estimate of drug-likeness (QED) is 0.633. The molecule has 1 amide bonds. The van der Waals surface area contributed by atoms with E-state index in [4.69, 9.17) is 9.26 Å². The van der Waals surface area contributed by atoms with Gasteiger partial charge in [0, 0.05) is 31.7 Å². The summed E-state index contributed by atoms with van der Waals surface area (Å²) in [6.07, 6.45) is 3.19. The molecule has 2 aromatic heterocycles. The van der Waals surface area contributed by atoms with Gasteiger partial charge in [0.2, 0.25) is 0 Å². The molecule has 0 radical (unpaired) electrons. The fourth-order valence-corrected chi connectivity index (χ4v) is 3.44. The Labute approximate surface area is 167 Å². The summed E-state index contributed by atoms with van der Waals surface area (Å²) < 4.78 is 25.4. The van der Waals surface area contributed by atoms with Crippen LogP contribution in [0.3, 0.4) is 0 Å². The molecule has 4 rings (SSSR count). The number of halogens is 1. The highest BCUT2D eigenvalue weighted by atomic mass is 19.1. The van der Waals surface area contributed by atoms with E-state index in [9.17, 15) is 9.18 Å². The van der Waals surface area contributed by atoms with Gasteiger partial charge < -0.3 is 14.2 Å². The lowest BCUT2D eigenvalue weighted by Gasteiger charge is -2.30. The van der Waals surface area contributed by atoms with E-state index in [2.05, 4.69) is 15.2 Å². The standard InChI is InChI=1S/C20H22FN5O3/c1-2-26-17(7-10-22-26)20(27)25-11-8-14(9-12-25)19-23-18(29-24-19)13-28-16-5-3-15(21)4-6-16/h3-7,10,14H,2,8-9,11-13H2,1H3. The number of piperidine rings is 1. The average Bonchev–Trinajstić information content (AvgIpc) is 3.42. The van der Waals surface area contributed by atoms with Gasteiger partial charge in [-0.2, -0.15) is 10.1 Å². The number of amides is 1. The van der Waals surface area contributed by atoms with Crippen LogP contribution in [-0.2, 0) is 13.2 Å². The summed E-state index contributed by atoms with van der Waals surface area (Å²) in [6, 6.07) is 7.51. The maximum Gasteiger partial charge on any atom is 0.272 e. The molecule has 152 valence electrons. The van der Waals surface area contributed by atoms with Gasteiger partial charge in [0.05, 0.1) is 0 Å². The molecule has 29 heavy (non-hydrogen) atoms. The van der Waals surface area contributed by atoms with Gasteiger partial charge in [0.25, 0.3) is 11.8 Å². The van der Waals surface area contributed by atoms with Crippen LogP contribution in [0.15, 0.2) is 41.1 Å². The van der Waals surface area contributed by atoms with Crippen molar-refractivity contribution in [3.05, 3.63) is 59.8 Å². The first-order valence-electron chi connectivity index (χ1n) is 9.66. The van der Waals surface area contributed by atoms with E-state index in [1.807, 2.05) is 11.8 Å². The zero-order valence-electron chi connectivity index (χ0n) is 16.1. The summed E-state index contributed by atoms with van der Waals surface area (Å²) in [4.78, 5) is 19.0. The second kappa shape index (κ2) is 8.42. The number of ether oxygens (including phenoxy) is 1. The lowest BCUT2D eigenvalue weighted by atomic mass is 9.96. The third-order valence-electron chi connectivity index (χ3n) is 5.04. The van der Waals surface area contributed by atoms with Gasteiger partial charge in [-0.25, -0.2) is 4.39 Å². The molecule has 3 aromatic rings. The van der Waals surface area contributed by atoms with Gasteiger partial charge in [-0.1, -0.05) is 5.16 Å². The van der Waals surface area contributed by atoms with Gasteiger partial charge >= 0.3 is 0 Å². The molecule has 1 aromatic carbocycles. The first-order valence-corrected chi connectivity index (χ1v) is 9.66. The molecule has 1 aliphatic heterocycles. The summed E-state index contributed by atoms with van der Waals surface area (Å²) in [5, 5.41) is 8.24. The van der Waals surface area contributed by atoms with Gasteiger partial charge in [-0.05, 0) is 50.1 Å². The topological polar surface area (TPSA) is 86.3 Å². The number of aromatic nitrogens is 4. The van der Waals surface area contributed by atoms with Crippen LogP contribution >= 0.6 is 0 Å². The van der Waals surface area contributed by atoms with E-state index in [1.54, 1.807) is 29.1 Å². The van der Waals surface area contributed by atoms with Crippen molar-refractivity contribution < 1.29 is 18.4 Å². The first-order chi connectivity index (χ1) is 14.1. The zero-order valence-corrected chi connectivity index (χ0v) is 16.1. The van der Waals surface area contributed by atoms with Crippen LogP contribution in [-0.4, -0.2) is 43.8 Å². The Hall–Kier alpha value is -3.23. The van der Waals surface area contributed by atoms with Crippen molar-refractivity contribution in [3.8, 4) is 5.75 Å². The van der Waals surface area contributed by atoms with Crippen molar-refractivity contribution >= 4 is 5.91 Å². The second-order valence-corrected chi connectivity index (χ2v) is 6.89. The highest BCUT2D eigenvalue weighted by molar-refractivity contribution is 5.92. The molecule has 0 spiro atoms. The summed E-state index contributed by atoms with van der Waals surface area (Å²) in [5.74, 6) is 1.36. The van der Waals surface area contributed by atoms with Crippen molar-refractivity contribution in [1.29, 1.82) is 0 Å². The van der Waals surface area contributed by atoms with Crippen molar-refractivity contribution in [2.45, 2.75) is 38.8 Å². The van der Waals surface area contributed by atoms with Crippen LogP contribution in [0.25, 0.3) is 0 Å². The van der Waals surface area contributed by atoms with E-state index in [1.165, 1.54) is 12.1 Å². The number of hydrogen-bond acceptors (Lipinski definition) is 6. The Balaban J connectivity index is 1.31. The van der Waals surface area contributed by atoms with Crippen molar-refractivity contribution in [3.63, 3.8) is 0 Å². The highest BCUT2D eigenvalue weighted by Gasteiger charge is 2.28. The van der Waals surface area contributed by atoms with Gasteiger partial charge in [0.15, 0.2) is 12.4 Å². The van der Waals surface area contributed by atoms with Crippen LogP contribution in [0, 0.1) is 5.82 Å². The summed E-state index contributed by atoms with van der Waals surface area (Å²) in [5.41, 5.74) is 0.616. The van der Waals surface area contributed by atoms with E-state index in [0.29, 0.717) is 42.8 Å². The van der Waals surface area contributed by atoms with Crippen LogP contribution in [0.2, 0.25) is 0 Å². The number of likely N-dealkylation sites (tertiary alicyclic amines) is 1. The van der Waals surface area contributed by atoms with Crippen molar-refractivity contribution in [1.82, 2.24) is 24.8 Å². The normalized spacial score (nSPS) is 14.9. The van der Waals surface area contributed by atoms with Gasteiger partial charge in [-0.15, -0.1) is 0 Å². The first kappa shape index (κ1) is 19.1. The molecule has 0 N–H and O–H groups in total. The van der Waals surface area contributed by atoms with E-state index in [0.717, 1.165) is 12.8 Å². The molecule has 0 atom stereocenters. The van der Waals surface area contributed by atoms with E-state index >= 15 is 0 Å². The largest absolute Gasteiger partial charge is 0.484 e. The van der Waals surface area contributed by atoms with E-state index in [-0.39, 0.29) is 24.2 Å². The Kier molecular flexibility index (Phi) is 5.55. The molecule has 8 nitrogen and oxygen atoms in total. The Bertz CT molecular complexity index is 961. The monoisotopic (exact) mass is 399 g/mol. The Morgan fingerprint density at radius 2 is 2.00 bits per heavy atom. The van der Waals surface area contributed by atoms with Gasteiger partial charge in [-0.3, -0.25) is 9.48 Å². The van der Waals surface area contributed by atoms with Crippen molar-refractivity contribution in [2.24, 2.45) is 0 Å². The Morgan fingerprint density at radius 3 is 2.72 bits per heavy atom. The zero-order chi connectivity index (χ0) is 20.2. The van der Waals surface area contributed by atoms with Gasteiger partial charge in [0.1, 0.15) is 17.3 Å². The number of carbonyl (C=O) groups excluding carboxylic acids is 1. The maximum atomic E-state index is 12.9. The van der Waals surface area contributed by atoms with E-state index < -0.39 is 0 Å². The number of benzene rings is 1. The highest BCUT2D eigenvalue weighted by Crippen LogP contribution is 2.27. The number of hydrogen-bond donors (Lipinski definition) is 0. The molecule has 3 heterocycles. The summed E-state index contributed by atoms with van der Waals surface area (Å²) in [7, 11) is 0. The average molecular weight is 399 g/mol. The number of carbonyl (C=O) groups is 1. The number of nitrogens with zero attached hydrogens (tertiary/aromatic N) is 5. The second-order valence-electron chi connectivity index (χ2n) is 6.89. The molecular weight excluding hydrogens is 377 g/mol. The van der Waals surface area contributed by atoms with Crippen LogP contribution < -0.4 is 4.74 Å².